The molecule has 20 heavy (non-hydrogen) atoms. The summed E-state index contributed by atoms with van der Waals surface area (Å²) < 4.78 is 0. The van der Waals surface area contributed by atoms with Crippen LogP contribution >= 0.6 is 11.6 Å². The van der Waals surface area contributed by atoms with Crippen LogP contribution in [0.5, 0.6) is 0 Å². The molecule has 1 unspecified atom stereocenters. The maximum absolute atomic E-state index is 11.7. The number of anilines is 1. The van der Waals surface area contributed by atoms with Gasteiger partial charge in [-0.3, -0.25) is 0 Å². The first-order chi connectivity index (χ1) is 9.31. The standard InChI is InChI=1S/C13H18ClN3O3/c1-8(17(2)3)7-15-13(20)16-11-5-4-9(14)6-10(11)12(18)19/h4-6,8H,7H2,1-3H3,(H,18,19)(H2,15,16,20). The number of nitrogens with one attached hydrogen (secondary N) is 2. The van der Waals surface area contributed by atoms with E-state index in [4.69, 9.17) is 16.7 Å². The van der Waals surface area contributed by atoms with Crippen molar-refractivity contribution in [3.8, 4) is 0 Å². The highest BCUT2D eigenvalue weighted by Gasteiger charge is 2.13. The molecule has 0 aliphatic carbocycles. The minimum atomic E-state index is -1.15. The molecule has 2 amide bonds. The van der Waals surface area contributed by atoms with E-state index in [0.717, 1.165) is 0 Å². The third-order valence-corrected chi connectivity index (χ3v) is 3.13. The maximum atomic E-state index is 11.7. The van der Waals surface area contributed by atoms with Gasteiger partial charge in [-0.1, -0.05) is 11.6 Å². The molecule has 0 aliphatic heterocycles. The molecule has 0 heterocycles. The Kier molecular flexibility index (Phi) is 5.79. The summed E-state index contributed by atoms with van der Waals surface area (Å²) in [5.74, 6) is -1.15. The van der Waals surface area contributed by atoms with Crippen molar-refractivity contribution in [1.82, 2.24) is 10.2 Å². The lowest BCUT2D eigenvalue weighted by Gasteiger charge is -2.20. The number of carbonyl (C=O) groups excluding carboxylic acids is 1. The van der Waals surface area contributed by atoms with Crippen LogP contribution in [0.1, 0.15) is 17.3 Å². The normalized spacial score (nSPS) is 12.1. The molecular weight excluding hydrogens is 282 g/mol. The van der Waals surface area contributed by atoms with E-state index in [1.165, 1.54) is 18.2 Å². The lowest BCUT2D eigenvalue weighted by molar-refractivity contribution is 0.0698. The van der Waals surface area contributed by atoms with E-state index in [9.17, 15) is 9.59 Å². The molecule has 1 aromatic carbocycles. The molecule has 3 N–H and O–H groups in total. The molecule has 110 valence electrons. The second-order valence-corrected chi connectivity index (χ2v) is 5.08. The third-order valence-electron chi connectivity index (χ3n) is 2.90. The number of halogens is 1. The zero-order chi connectivity index (χ0) is 15.3. The number of nitrogens with zero attached hydrogens (tertiary/aromatic N) is 1. The number of hydrogen-bond acceptors (Lipinski definition) is 3. The number of hydrogen-bond donors (Lipinski definition) is 3. The summed E-state index contributed by atoms with van der Waals surface area (Å²) in [5, 5.41) is 14.5. The molecule has 1 atom stereocenters. The maximum Gasteiger partial charge on any atom is 0.337 e. The quantitative estimate of drug-likeness (QED) is 0.778. The topological polar surface area (TPSA) is 81.7 Å². The van der Waals surface area contributed by atoms with Crippen molar-refractivity contribution in [2.24, 2.45) is 0 Å². The smallest absolute Gasteiger partial charge is 0.337 e. The first kappa shape index (κ1) is 16.3. The molecule has 0 saturated heterocycles. The van der Waals surface area contributed by atoms with E-state index in [-0.39, 0.29) is 17.3 Å². The molecule has 0 aromatic heterocycles. The minimum absolute atomic E-state index is 0.0479. The number of aromatic carboxylic acids is 1. The van der Waals surface area contributed by atoms with Crippen LogP contribution in [-0.2, 0) is 0 Å². The van der Waals surface area contributed by atoms with Gasteiger partial charge in [-0.2, -0.15) is 0 Å². The van der Waals surface area contributed by atoms with Gasteiger partial charge in [0.25, 0.3) is 0 Å². The molecule has 0 saturated carbocycles. The fourth-order valence-electron chi connectivity index (χ4n) is 1.39. The van der Waals surface area contributed by atoms with Gasteiger partial charge in [-0.05, 0) is 39.2 Å². The highest BCUT2D eigenvalue weighted by Crippen LogP contribution is 2.20. The van der Waals surface area contributed by atoms with Crippen LogP contribution in [0, 0.1) is 0 Å². The molecule has 0 aliphatic rings. The molecule has 1 rings (SSSR count). The predicted molar refractivity (Wildman–Crippen MR) is 78.6 cm³/mol. The van der Waals surface area contributed by atoms with Gasteiger partial charge in [-0.15, -0.1) is 0 Å². The SMILES string of the molecule is CC(CNC(=O)Nc1ccc(Cl)cc1C(=O)O)N(C)C. The van der Waals surface area contributed by atoms with Gasteiger partial charge in [0, 0.05) is 17.6 Å². The first-order valence-electron chi connectivity index (χ1n) is 6.05. The Labute approximate surface area is 122 Å². The van der Waals surface area contributed by atoms with Gasteiger partial charge in [0.15, 0.2) is 0 Å². The molecule has 7 heteroatoms. The van der Waals surface area contributed by atoms with E-state index in [0.29, 0.717) is 11.6 Å². The number of carboxylic acids is 1. The summed E-state index contributed by atoms with van der Waals surface area (Å²) in [7, 11) is 3.82. The second kappa shape index (κ2) is 7.12. The van der Waals surface area contributed by atoms with Crippen LogP contribution in [0.3, 0.4) is 0 Å². The Morgan fingerprint density at radius 2 is 2.05 bits per heavy atom. The summed E-state index contributed by atoms with van der Waals surface area (Å²) in [6.45, 7) is 2.42. The number of amides is 2. The number of urea groups is 1. The van der Waals surface area contributed by atoms with Gasteiger partial charge >= 0.3 is 12.0 Å². The number of rotatable bonds is 5. The van der Waals surface area contributed by atoms with Gasteiger partial charge in [0.05, 0.1) is 11.3 Å². The van der Waals surface area contributed by atoms with Crippen LogP contribution in [0.15, 0.2) is 18.2 Å². The lowest BCUT2D eigenvalue weighted by atomic mass is 10.2. The highest BCUT2D eigenvalue weighted by molar-refractivity contribution is 6.31. The van der Waals surface area contributed by atoms with E-state index in [1.54, 1.807) is 0 Å². The Hall–Kier alpha value is -1.79. The van der Waals surface area contributed by atoms with Crippen molar-refractivity contribution >= 4 is 29.3 Å². The van der Waals surface area contributed by atoms with Crippen LogP contribution < -0.4 is 10.6 Å². The molecule has 1 aromatic rings. The molecule has 0 spiro atoms. The predicted octanol–water partition coefficient (Wildman–Crippen LogP) is 2.11. The van der Waals surface area contributed by atoms with Crippen LogP contribution in [0.4, 0.5) is 10.5 Å². The number of carboxylic acid groups (broad SMARTS) is 1. The lowest BCUT2D eigenvalue weighted by Crippen LogP contribution is -2.40. The van der Waals surface area contributed by atoms with Crippen LogP contribution in [0.2, 0.25) is 5.02 Å². The minimum Gasteiger partial charge on any atom is -0.478 e. The third kappa shape index (κ3) is 4.71. The van der Waals surface area contributed by atoms with Crippen molar-refractivity contribution < 1.29 is 14.7 Å². The van der Waals surface area contributed by atoms with E-state index in [1.807, 2.05) is 25.9 Å². The first-order valence-corrected chi connectivity index (χ1v) is 6.43. The largest absolute Gasteiger partial charge is 0.478 e. The molecule has 0 fully saturated rings. The van der Waals surface area contributed by atoms with Crippen LogP contribution in [0.25, 0.3) is 0 Å². The summed E-state index contributed by atoms with van der Waals surface area (Å²) in [5.41, 5.74) is 0.158. The highest BCUT2D eigenvalue weighted by atomic mass is 35.5. The van der Waals surface area contributed by atoms with Gasteiger partial charge in [-0.25, -0.2) is 9.59 Å². The second-order valence-electron chi connectivity index (χ2n) is 4.64. The zero-order valence-corrected chi connectivity index (χ0v) is 12.4. The average molecular weight is 300 g/mol. The molecule has 0 radical (unpaired) electrons. The van der Waals surface area contributed by atoms with Gasteiger partial charge in [0.2, 0.25) is 0 Å². The Balaban J connectivity index is 2.69. The van der Waals surface area contributed by atoms with Gasteiger partial charge < -0.3 is 20.6 Å². The fourth-order valence-corrected chi connectivity index (χ4v) is 1.56. The zero-order valence-electron chi connectivity index (χ0n) is 11.6. The van der Waals surface area contributed by atoms with Crippen molar-refractivity contribution in [3.63, 3.8) is 0 Å². The Bertz CT molecular complexity index is 506. The summed E-state index contributed by atoms with van der Waals surface area (Å²) in [6, 6.07) is 3.99. The Morgan fingerprint density at radius 1 is 1.40 bits per heavy atom. The summed E-state index contributed by atoms with van der Waals surface area (Å²) in [6.07, 6.45) is 0. The van der Waals surface area contributed by atoms with Crippen molar-refractivity contribution in [1.29, 1.82) is 0 Å². The summed E-state index contributed by atoms with van der Waals surface area (Å²) >= 11 is 5.74. The average Bonchev–Trinajstić information content (AvgIpc) is 2.37. The number of benzene rings is 1. The molecule has 0 bridgehead atoms. The molecule has 6 nitrogen and oxygen atoms in total. The Morgan fingerprint density at radius 3 is 2.60 bits per heavy atom. The van der Waals surface area contributed by atoms with Crippen molar-refractivity contribution in [2.45, 2.75) is 13.0 Å². The summed E-state index contributed by atoms with van der Waals surface area (Å²) in [4.78, 5) is 24.8. The number of likely N-dealkylation sites (N-methyl/N-ethyl adjacent to an activating group) is 1. The monoisotopic (exact) mass is 299 g/mol. The van der Waals surface area contributed by atoms with Crippen LogP contribution in [-0.4, -0.2) is 48.7 Å². The van der Waals surface area contributed by atoms with E-state index < -0.39 is 12.0 Å². The van der Waals surface area contributed by atoms with Gasteiger partial charge in [0.1, 0.15) is 0 Å². The van der Waals surface area contributed by atoms with Crippen molar-refractivity contribution in [2.75, 3.05) is 26.0 Å². The van der Waals surface area contributed by atoms with E-state index >= 15 is 0 Å². The number of carbonyl (C=O) groups is 2. The van der Waals surface area contributed by atoms with Crippen molar-refractivity contribution in [3.05, 3.63) is 28.8 Å². The molecular formula is C13H18ClN3O3. The fraction of sp³-hybridized carbons (Fsp3) is 0.385. The van der Waals surface area contributed by atoms with E-state index in [2.05, 4.69) is 10.6 Å².